The summed E-state index contributed by atoms with van der Waals surface area (Å²) in [6, 6.07) is 3.46. The van der Waals surface area contributed by atoms with E-state index in [9.17, 15) is 28.2 Å². The normalized spacial score (nSPS) is 20.6. The lowest BCUT2D eigenvalue weighted by atomic mass is 9.98. The van der Waals surface area contributed by atoms with E-state index in [1.165, 1.54) is 23.9 Å². The predicted molar refractivity (Wildman–Crippen MR) is 134 cm³/mol. The molecule has 0 aromatic heterocycles. The minimum absolute atomic E-state index is 0.0977. The van der Waals surface area contributed by atoms with Gasteiger partial charge in [0.25, 0.3) is 0 Å². The number of carboxylic acid groups (broad SMARTS) is 1. The maximum atomic E-state index is 13.7. The van der Waals surface area contributed by atoms with Gasteiger partial charge < -0.3 is 26.3 Å². The van der Waals surface area contributed by atoms with Crippen molar-refractivity contribution < 1.29 is 28.2 Å². The summed E-state index contributed by atoms with van der Waals surface area (Å²) in [7, 11) is 0. The third-order valence-corrected chi connectivity index (χ3v) is 6.54. The van der Waals surface area contributed by atoms with Crippen molar-refractivity contribution in [3.8, 4) is 0 Å². The smallest absolute Gasteiger partial charge is 0.418 e. The van der Waals surface area contributed by atoms with Crippen LogP contribution in [-0.2, 0) is 11.0 Å². The molecule has 1 aromatic rings. The molecule has 1 fully saturated rings. The Morgan fingerprint density at radius 3 is 2.64 bits per heavy atom. The summed E-state index contributed by atoms with van der Waals surface area (Å²) in [5.74, 6) is -2.21. The molecule has 5 N–H and O–H groups in total. The van der Waals surface area contributed by atoms with Gasteiger partial charge in [0.15, 0.2) is 6.23 Å². The molecule has 0 amide bonds. The Morgan fingerprint density at radius 1 is 1.31 bits per heavy atom. The Kier molecular flexibility index (Phi) is 9.00. The molecule has 0 saturated heterocycles. The van der Waals surface area contributed by atoms with Gasteiger partial charge in [0.05, 0.1) is 11.5 Å². The summed E-state index contributed by atoms with van der Waals surface area (Å²) in [4.78, 5) is 11.2. The molecule has 2 aliphatic carbocycles. The number of aliphatic hydroxyl groups is 1. The number of hydrogen-bond donors (Lipinski definition) is 5. The molecule has 196 valence electrons. The van der Waals surface area contributed by atoms with E-state index >= 15 is 0 Å². The van der Waals surface area contributed by atoms with Crippen LogP contribution in [-0.4, -0.2) is 34.7 Å². The van der Waals surface area contributed by atoms with Crippen LogP contribution >= 0.6 is 0 Å². The Morgan fingerprint density at radius 2 is 2.06 bits per heavy atom. The topological polar surface area (TPSA) is 105 Å². The fourth-order valence-corrected chi connectivity index (χ4v) is 4.32. The highest BCUT2D eigenvalue weighted by Crippen LogP contribution is 2.49. The Hall–Kier alpha value is -3.07. The van der Waals surface area contributed by atoms with Crippen LogP contribution in [0.4, 0.5) is 18.9 Å². The summed E-state index contributed by atoms with van der Waals surface area (Å²) >= 11 is 0. The molecule has 1 unspecified atom stereocenters. The number of nitrogens with one attached hydrogen (secondary N) is 3. The number of aliphatic carboxylic acids is 1. The van der Waals surface area contributed by atoms with Gasteiger partial charge in [-0.15, -0.1) is 0 Å². The molecule has 0 aliphatic heterocycles. The summed E-state index contributed by atoms with van der Waals surface area (Å²) in [6.45, 7) is 4.13. The molecule has 1 saturated carbocycles. The lowest BCUT2D eigenvalue weighted by Crippen LogP contribution is -2.31. The summed E-state index contributed by atoms with van der Waals surface area (Å²) in [5, 5.41) is 34.1. The van der Waals surface area contributed by atoms with Gasteiger partial charge in [-0.05, 0) is 61.6 Å². The number of allylic oxidation sites excluding steroid dienone is 4. The van der Waals surface area contributed by atoms with E-state index in [-0.39, 0.29) is 28.8 Å². The largest absolute Gasteiger partial charge is 0.481 e. The zero-order valence-corrected chi connectivity index (χ0v) is 20.5. The minimum atomic E-state index is -4.67. The Bertz CT molecular complexity index is 1060. The molecule has 3 atom stereocenters. The van der Waals surface area contributed by atoms with Gasteiger partial charge in [-0.2, -0.15) is 13.2 Å². The van der Waals surface area contributed by atoms with Crippen LogP contribution < -0.4 is 10.6 Å². The van der Waals surface area contributed by atoms with Gasteiger partial charge in [-0.3, -0.25) is 4.79 Å². The SMILES string of the molecule is CC(C)C(=N)/C(=C\NCCCC1=CC=CCC1)C(O)Nc1cc([C@H]2C[C@H]2C(=O)O)ccc1C(F)(F)F. The van der Waals surface area contributed by atoms with E-state index in [1.54, 1.807) is 13.8 Å². The monoisotopic (exact) mass is 505 g/mol. The third kappa shape index (κ3) is 7.22. The molecule has 9 heteroatoms. The van der Waals surface area contributed by atoms with Gasteiger partial charge in [0.2, 0.25) is 0 Å². The highest BCUT2D eigenvalue weighted by atomic mass is 19.4. The molecular formula is C27H34F3N3O3. The maximum Gasteiger partial charge on any atom is 0.418 e. The molecule has 2 aliphatic rings. The van der Waals surface area contributed by atoms with Crippen molar-refractivity contribution in [1.29, 1.82) is 5.41 Å². The second kappa shape index (κ2) is 11.8. The standard InChI is InChI=1S/C27H34F3N3O3/c1-16(2)24(31)21(15-32-12-6-9-17-7-4-3-5-8-17)25(34)33-23-13-18(19-14-20(19)26(35)36)10-11-22(23)27(28,29)30/h3-4,7,10-11,13,15-16,19-20,25,31-34H,5-6,8-9,12,14H2,1-2H3,(H,35,36)/b21-15+,31-24?/t19-,20-,25?/m1/s1. The van der Waals surface area contributed by atoms with Crippen LogP contribution in [0.1, 0.15) is 63.0 Å². The van der Waals surface area contributed by atoms with Gasteiger partial charge in [0.1, 0.15) is 0 Å². The first kappa shape index (κ1) is 27.5. The van der Waals surface area contributed by atoms with E-state index in [0.29, 0.717) is 18.5 Å². The first-order valence-electron chi connectivity index (χ1n) is 12.2. The molecule has 0 heterocycles. The molecular weight excluding hydrogens is 471 g/mol. The summed E-state index contributed by atoms with van der Waals surface area (Å²) < 4.78 is 41.1. The molecule has 1 aromatic carbocycles. The number of carboxylic acids is 1. The van der Waals surface area contributed by atoms with Gasteiger partial charge in [0, 0.05) is 29.7 Å². The van der Waals surface area contributed by atoms with E-state index in [2.05, 4.69) is 22.8 Å². The van der Waals surface area contributed by atoms with Crippen LogP contribution in [0, 0.1) is 17.2 Å². The highest BCUT2D eigenvalue weighted by Gasteiger charge is 2.45. The first-order chi connectivity index (χ1) is 17.0. The van der Waals surface area contributed by atoms with Crippen molar-refractivity contribution in [3.05, 3.63) is 64.9 Å². The number of benzene rings is 1. The third-order valence-electron chi connectivity index (χ3n) is 6.54. The van der Waals surface area contributed by atoms with Crippen molar-refractivity contribution in [1.82, 2.24) is 5.32 Å². The fourth-order valence-electron chi connectivity index (χ4n) is 4.32. The number of alkyl halides is 3. The molecule has 0 bridgehead atoms. The van der Waals surface area contributed by atoms with Crippen LogP contribution in [0.15, 0.2) is 53.8 Å². The zero-order chi connectivity index (χ0) is 26.5. The van der Waals surface area contributed by atoms with E-state index in [0.717, 1.165) is 31.7 Å². The first-order valence-corrected chi connectivity index (χ1v) is 12.2. The number of rotatable bonds is 12. The molecule has 6 nitrogen and oxygen atoms in total. The van der Waals surface area contributed by atoms with Gasteiger partial charge in [-0.25, -0.2) is 0 Å². The minimum Gasteiger partial charge on any atom is -0.481 e. The number of halogens is 3. The van der Waals surface area contributed by atoms with Crippen molar-refractivity contribution in [2.24, 2.45) is 11.8 Å². The van der Waals surface area contributed by atoms with Crippen LogP contribution in [0.3, 0.4) is 0 Å². The lowest BCUT2D eigenvalue weighted by molar-refractivity contribution is -0.139. The summed E-state index contributed by atoms with van der Waals surface area (Å²) in [6.07, 6.45) is 5.73. The molecule has 36 heavy (non-hydrogen) atoms. The zero-order valence-electron chi connectivity index (χ0n) is 20.5. The fraction of sp³-hybridized carbons (Fsp3) is 0.481. The van der Waals surface area contributed by atoms with Crippen LogP contribution in [0.25, 0.3) is 0 Å². The van der Waals surface area contributed by atoms with E-state index in [1.807, 2.05) is 6.08 Å². The average Bonchev–Trinajstić information content (AvgIpc) is 3.62. The van der Waals surface area contributed by atoms with Crippen molar-refractivity contribution in [2.75, 3.05) is 11.9 Å². The van der Waals surface area contributed by atoms with Crippen molar-refractivity contribution in [2.45, 2.75) is 64.3 Å². The Balaban J connectivity index is 1.75. The average molecular weight is 506 g/mol. The van der Waals surface area contributed by atoms with E-state index in [4.69, 9.17) is 5.41 Å². The lowest BCUT2D eigenvalue weighted by Gasteiger charge is -2.23. The Labute approximate surface area is 209 Å². The maximum absolute atomic E-state index is 13.7. The van der Waals surface area contributed by atoms with Crippen molar-refractivity contribution in [3.63, 3.8) is 0 Å². The number of carbonyl (C=O) groups is 1. The van der Waals surface area contributed by atoms with Crippen molar-refractivity contribution >= 4 is 17.4 Å². The molecule has 0 spiro atoms. The van der Waals surface area contributed by atoms with Crippen LogP contribution in [0.5, 0.6) is 0 Å². The second-order valence-corrected chi connectivity index (χ2v) is 9.65. The molecule has 3 rings (SSSR count). The highest BCUT2D eigenvalue weighted by molar-refractivity contribution is 6.00. The predicted octanol–water partition coefficient (Wildman–Crippen LogP) is 5.83. The number of anilines is 1. The number of hydrogen-bond acceptors (Lipinski definition) is 5. The molecule has 0 radical (unpaired) electrons. The second-order valence-electron chi connectivity index (χ2n) is 9.65. The number of aliphatic hydroxyl groups excluding tert-OH is 1. The van der Waals surface area contributed by atoms with Gasteiger partial charge in [-0.1, -0.05) is 43.7 Å². The van der Waals surface area contributed by atoms with Gasteiger partial charge >= 0.3 is 12.1 Å². The van der Waals surface area contributed by atoms with Crippen LogP contribution in [0.2, 0.25) is 0 Å². The summed E-state index contributed by atoms with van der Waals surface area (Å²) in [5.41, 5.74) is 0.776. The quantitative estimate of drug-likeness (QED) is 0.140. The van der Waals surface area contributed by atoms with E-state index < -0.39 is 29.9 Å².